The van der Waals surface area contributed by atoms with Crippen LogP contribution in [0.25, 0.3) is 11.3 Å². The zero-order valence-corrected chi connectivity index (χ0v) is 10.9. The summed E-state index contributed by atoms with van der Waals surface area (Å²) in [5.74, 6) is 1.43. The summed E-state index contributed by atoms with van der Waals surface area (Å²) in [5.41, 5.74) is 3.33. The molecule has 1 aromatic heterocycles. The Morgan fingerprint density at radius 1 is 1.24 bits per heavy atom. The van der Waals surface area contributed by atoms with Crippen molar-refractivity contribution in [3.8, 4) is 11.3 Å². The second-order valence-corrected chi connectivity index (χ2v) is 4.46. The highest BCUT2D eigenvalue weighted by Gasteiger charge is 2.05. The molecule has 0 aliphatic heterocycles. The highest BCUT2D eigenvalue weighted by molar-refractivity contribution is 7.79. The minimum atomic E-state index is 0.609. The van der Waals surface area contributed by atoms with Gasteiger partial charge in [0.15, 0.2) is 5.76 Å². The average Bonchev–Trinajstić information content (AvgIpc) is 2.86. The normalized spacial score (nSPS) is 10.7. The minimum absolute atomic E-state index is 0.609. The Morgan fingerprint density at radius 2 is 2.00 bits per heavy atom. The molecule has 0 amide bonds. The number of hydrogen-bond donors (Lipinski definition) is 1. The van der Waals surface area contributed by atoms with Crippen LogP contribution in [0, 0.1) is 0 Å². The molecule has 0 atom stereocenters. The van der Waals surface area contributed by atoms with Crippen LogP contribution in [0.1, 0.15) is 31.0 Å². The number of aromatic nitrogens is 1. The van der Waals surface area contributed by atoms with Gasteiger partial charge in [-0.2, -0.15) is 12.6 Å². The molecule has 3 heteroatoms. The van der Waals surface area contributed by atoms with Crippen LogP contribution in [0.4, 0.5) is 0 Å². The summed E-state index contributed by atoms with van der Waals surface area (Å²) in [7, 11) is 0. The first kappa shape index (κ1) is 12.2. The summed E-state index contributed by atoms with van der Waals surface area (Å²) >= 11 is 4.17. The van der Waals surface area contributed by atoms with E-state index in [1.54, 1.807) is 0 Å². The summed E-state index contributed by atoms with van der Waals surface area (Å²) in [5, 5.41) is 3.93. The third-order valence-corrected chi connectivity index (χ3v) is 3.10. The molecule has 0 bridgehead atoms. The van der Waals surface area contributed by atoms with Gasteiger partial charge in [-0.05, 0) is 18.4 Å². The van der Waals surface area contributed by atoms with Crippen molar-refractivity contribution in [1.29, 1.82) is 0 Å². The van der Waals surface area contributed by atoms with E-state index < -0.39 is 0 Å². The zero-order chi connectivity index (χ0) is 12.1. The summed E-state index contributed by atoms with van der Waals surface area (Å²) in [6.45, 7) is 2.21. The number of rotatable bonds is 5. The van der Waals surface area contributed by atoms with Gasteiger partial charge < -0.3 is 4.52 Å². The van der Waals surface area contributed by atoms with Gasteiger partial charge in [-0.1, -0.05) is 42.8 Å². The Labute approximate surface area is 107 Å². The van der Waals surface area contributed by atoms with E-state index in [2.05, 4.69) is 49.0 Å². The maximum atomic E-state index is 5.26. The van der Waals surface area contributed by atoms with E-state index in [9.17, 15) is 0 Å². The van der Waals surface area contributed by atoms with Crippen LogP contribution in [0.5, 0.6) is 0 Å². The van der Waals surface area contributed by atoms with Crippen LogP contribution in [-0.4, -0.2) is 5.16 Å². The molecule has 0 aliphatic carbocycles. The van der Waals surface area contributed by atoms with Crippen LogP contribution in [-0.2, 0) is 12.2 Å². The van der Waals surface area contributed by atoms with E-state index in [4.69, 9.17) is 4.52 Å². The third-order valence-electron chi connectivity index (χ3n) is 2.78. The molecule has 0 aliphatic rings. The van der Waals surface area contributed by atoms with Crippen LogP contribution >= 0.6 is 12.6 Å². The fourth-order valence-corrected chi connectivity index (χ4v) is 1.89. The van der Waals surface area contributed by atoms with E-state index >= 15 is 0 Å². The van der Waals surface area contributed by atoms with Gasteiger partial charge in [0.05, 0.1) is 5.69 Å². The minimum Gasteiger partial charge on any atom is -0.356 e. The van der Waals surface area contributed by atoms with Crippen molar-refractivity contribution in [1.82, 2.24) is 5.16 Å². The van der Waals surface area contributed by atoms with E-state index in [1.165, 1.54) is 18.4 Å². The summed E-state index contributed by atoms with van der Waals surface area (Å²) in [6.07, 6.45) is 3.62. The van der Waals surface area contributed by atoms with Crippen LogP contribution in [0.2, 0.25) is 0 Å². The number of nitrogens with zero attached hydrogens (tertiary/aromatic N) is 1. The van der Waals surface area contributed by atoms with Crippen molar-refractivity contribution >= 4 is 12.6 Å². The molecule has 0 saturated carbocycles. The topological polar surface area (TPSA) is 26.0 Å². The fraction of sp³-hybridized carbons (Fsp3) is 0.357. The van der Waals surface area contributed by atoms with Gasteiger partial charge in [-0.25, -0.2) is 0 Å². The first-order valence-electron chi connectivity index (χ1n) is 5.99. The van der Waals surface area contributed by atoms with Gasteiger partial charge in [0.25, 0.3) is 0 Å². The summed E-state index contributed by atoms with van der Waals surface area (Å²) < 4.78 is 5.26. The molecule has 0 spiro atoms. The Morgan fingerprint density at radius 3 is 2.59 bits per heavy atom. The Hall–Kier alpha value is -1.22. The first-order valence-corrected chi connectivity index (χ1v) is 6.62. The van der Waals surface area contributed by atoms with Gasteiger partial charge in [-0.3, -0.25) is 0 Å². The first-order chi connectivity index (χ1) is 8.33. The Bertz CT molecular complexity index is 461. The molecule has 0 fully saturated rings. The molecular weight excluding hydrogens is 230 g/mol. The van der Waals surface area contributed by atoms with Crippen molar-refractivity contribution in [3.05, 3.63) is 41.6 Å². The Balaban J connectivity index is 2.11. The molecule has 2 nitrogen and oxygen atoms in total. The second kappa shape index (κ2) is 5.92. The van der Waals surface area contributed by atoms with Gasteiger partial charge >= 0.3 is 0 Å². The third kappa shape index (κ3) is 3.13. The molecule has 90 valence electrons. The van der Waals surface area contributed by atoms with E-state index in [1.807, 2.05) is 6.07 Å². The lowest BCUT2D eigenvalue weighted by atomic mass is 10.1. The van der Waals surface area contributed by atoms with Crippen LogP contribution in [0.15, 0.2) is 34.9 Å². The number of unbranched alkanes of at least 4 members (excludes halogenated alkanes) is 1. The molecule has 17 heavy (non-hydrogen) atoms. The van der Waals surface area contributed by atoms with Crippen molar-refractivity contribution in [2.75, 3.05) is 0 Å². The average molecular weight is 247 g/mol. The van der Waals surface area contributed by atoms with E-state index in [0.717, 1.165) is 23.4 Å². The standard InChI is InChI=1S/C14H17NOS/c1-2-3-4-11-5-7-12(8-6-11)14-9-13(10-17)15-16-14/h5-9,17H,2-4,10H2,1H3. The fourth-order valence-electron chi connectivity index (χ4n) is 1.74. The van der Waals surface area contributed by atoms with Gasteiger partial charge in [0.1, 0.15) is 0 Å². The number of thiol groups is 1. The highest BCUT2D eigenvalue weighted by Crippen LogP contribution is 2.21. The van der Waals surface area contributed by atoms with Crippen molar-refractivity contribution in [2.45, 2.75) is 31.9 Å². The number of hydrogen-bond acceptors (Lipinski definition) is 3. The van der Waals surface area contributed by atoms with Gasteiger partial charge in [0.2, 0.25) is 0 Å². The predicted octanol–water partition coefficient (Wildman–Crippen LogP) is 4.11. The largest absolute Gasteiger partial charge is 0.356 e. The van der Waals surface area contributed by atoms with Crippen LogP contribution in [0.3, 0.4) is 0 Å². The molecule has 0 N–H and O–H groups in total. The van der Waals surface area contributed by atoms with Crippen molar-refractivity contribution < 1.29 is 4.52 Å². The number of benzene rings is 1. The maximum absolute atomic E-state index is 5.26. The maximum Gasteiger partial charge on any atom is 0.167 e. The lowest BCUT2D eigenvalue weighted by molar-refractivity contribution is 0.426. The molecule has 0 radical (unpaired) electrons. The van der Waals surface area contributed by atoms with Gasteiger partial charge in [0, 0.05) is 17.4 Å². The van der Waals surface area contributed by atoms with Crippen LogP contribution < -0.4 is 0 Å². The zero-order valence-electron chi connectivity index (χ0n) is 10.0. The van der Waals surface area contributed by atoms with E-state index in [-0.39, 0.29) is 0 Å². The molecule has 2 aromatic rings. The highest BCUT2D eigenvalue weighted by atomic mass is 32.1. The van der Waals surface area contributed by atoms with Crippen molar-refractivity contribution in [2.24, 2.45) is 0 Å². The van der Waals surface area contributed by atoms with Crippen molar-refractivity contribution in [3.63, 3.8) is 0 Å². The molecule has 1 aromatic carbocycles. The lowest BCUT2D eigenvalue weighted by Gasteiger charge is -2.00. The Kier molecular flexibility index (Phi) is 4.26. The monoisotopic (exact) mass is 247 g/mol. The summed E-state index contributed by atoms with van der Waals surface area (Å²) in [4.78, 5) is 0. The molecule has 0 unspecified atom stereocenters. The smallest absolute Gasteiger partial charge is 0.167 e. The predicted molar refractivity (Wildman–Crippen MR) is 73.2 cm³/mol. The summed E-state index contributed by atoms with van der Waals surface area (Å²) in [6, 6.07) is 10.4. The lowest BCUT2D eigenvalue weighted by Crippen LogP contribution is -1.84. The molecule has 0 saturated heterocycles. The molecular formula is C14H17NOS. The van der Waals surface area contributed by atoms with E-state index in [0.29, 0.717) is 5.75 Å². The number of aryl methyl sites for hydroxylation is 1. The molecule has 2 rings (SSSR count). The van der Waals surface area contributed by atoms with Gasteiger partial charge in [-0.15, -0.1) is 0 Å². The molecule has 1 heterocycles. The SMILES string of the molecule is CCCCc1ccc(-c2cc(CS)no2)cc1. The quantitative estimate of drug-likeness (QED) is 0.804. The second-order valence-electron chi connectivity index (χ2n) is 4.14.